The Labute approximate surface area is 126 Å². The number of rotatable bonds is 7. The number of nitrogens with zero attached hydrogens (tertiary/aromatic N) is 1. The van der Waals surface area contributed by atoms with Gasteiger partial charge in [-0.05, 0) is 50.0 Å². The molecule has 2 atom stereocenters. The van der Waals surface area contributed by atoms with E-state index in [9.17, 15) is 5.11 Å². The zero-order valence-corrected chi connectivity index (χ0v) is 12.9. The molecule has 3 nitrogen and oxygen atoms in total. The highest BCUT2D eigenvalue weighted by Crippen LogP contribution is 2.23. The van der Waals surface area contributed by atoms with Crippen molar-refractivity contribution in [1.82, 2.24) is 10.2 Å². The summed E-state index contributed by atoms with van der Waals surface area (Å²) in [6.45, 7) is 5.49. The third kappa shape index (κ3) is 4.19. The molecule has 1 saturated heterocycles. The molecule has 0 saturated carbocycles. The molecule has 4 heteroatoms. The van der Waals surface area contributed by atoms with Crippen molar-refractivity contribution in [3.63, 3.8) is 0 Å². The fourth-order valence-electron chi connectivity index (χ4n) is 3.05. The molecule has 1 aromatic rings. The summed E-state index contributed by atoms with van der Waals surface area (Å²) in [5.41, 5.74) is 1.25. The summed E-state index contributed by atoms with van der Waals surface area (Å²) in [5, 5.41) is 13.7. The van der Waals surface area contributed by atoms with Gasteiger partial charge < -0.3 is 10.4 Å². The van der Waals surface area contributed by atoms with Gasteiger partial charge in [0.1, 0.15) is 0 Å². The Kier molecular flexibility index (Phi) is 6.30. The monoisotopic (exact) mass is 296 g/mol. The molecule has 0 spiro atoms. The van der Waals surface area contributed by atoms with Gasteiger partial charge in [0.15, 0.2) is 0 Å². The lowest BCUT2D eigenvalue weighted by molar-refractivity contribution is 0.154. The van der Waals surface area contributed by atoms with Crippen molar-refractivity contribution < 1.29 is 5.11 Å². The second-order valence-electron chi connectivity index (χ2n) is 5.47. The molecule has 0 radical (unpaired) electrons. The van der Waals surface area contributed by atoms with E-state index in [4.69, 9.17) is 11.6 Å². The van der Waals surface area contributed by atoms with E-state index in [0.29, 0.717) is 12.1 Å². The molecule has 20 heavy (non-hydrogen) atoms. The topological polar surface area (TPSA) is 35.5 Å². The normalized spacial score (nSPS) is 21.2. The van der Waals surface area contributed by atoms with Crippen LogP contribution in [0.4, 0.5) is 0 Å². The van der Waals surface area contributed by atoms with Crippen LogP contribution < -0.4 is 5.32 Å². The minimum absolute atomic E-state index is 0.281. The molecular weight excluding hydrogens is 272 g/mol. The van der Waals surface area contributed by atoms with Gasteiger partial charge in [-0.15, -0.1) is 0 Å². The van der Waals surface area contributed by atoms with E-state index in [-0.39, 0.29) is 6.61 Å². The predicted molar refractivity (Wildman–Crippen MR) is 84.2 cm³/mol. The van der Waals surface area contributed by atoms with Crippen LogP contribution in [0.5, 0.6) is 0 Å². The summed E-state index contributed by atoms with van der Waals surface area (Å²) in [7, 11) is 0. The lowest BCUT2D eigenvalue weighted by Crippen LogP contribution is -2.35. The van der Waals surface area contributed by atoms with Crippen molar-refractivity contribution in [3.05, 3.63) is 34.9 Å². The molecule has 2 N–H and O–H groups in total. The highest BCUT2D eigenvalue weighted by molar-refractivity contribution is 6.30. The largest absolute Gasteiger partial charge is 0.395 e. The first kappa shape index (κ1) is 15.8. The van der Waals surface area contributed by atoms with Crippen LogP contribution in [0.2, 0.25) is 5.02 Å². The van der Waals surface area contributed by atoms with Crippen LogP contribution >= 0.6 is 11.6 Å². The van der Waals surface area contributed by atoms with Gasteiger partial charge in [-0.25, -0.2) is 0 Å². The van der Waals surface area contributed by atoms with E-state index in [1.165, 1.54) is 12.0 Å². The Morgan fingerprint density at radius 2 is 2.35 bits per heavy atom. The zero-order valence-electron chi connectivity index (χ0n) is 12.2. The van der Waals surface area contributed by atoms with E-state index < -0.39 is 0 Å². The first-order valence-corrected chi connectivity index (χ1v) is 7.96. The molecule has 0 amide bonds. The van der Waals surface area contributed by atoms with E-state index in [1.807, 2.05) is 18.2 Å². The van der Waals surface area contributed by atoms with Crippen molar-refractivity contribution in [2.75, 3.05) is 26.2 Å². The van der Waals surface area contributed by atoms with Crippen molar-refractivity contribution in [1.29, 1.82) is 0 Å². The van der Waals surface area contributed by atoms with Crippen molar-refractivity contribution >= 4 is 11.6 Å². The number of hydrogen-bond acceptors (Lipinski definition) is 3. The fourth-order valence-corrected chi connectivity index (χ4v) is 3.25. The van der Waals surface area contributed by atoms with E-state index in [2.05, 4.69) is 23.2 Å². The zero-order chi connectivity index (χ0) is 14.4. The third-order valence-electron chi connectivity index (χ3n) is 4.12. The Bertz CT molecular complexity index is 413. The summed E-state index contributed by atoms with van der Waals surface area (Å²) in [6, 6.07) is 8.79. The van der Waals surface area contributed by atoms with Crippen LogP contribution in [0.15, 0.2) is 24.3 Å². The van der Waals surface area contributed by atoms with E-state index in [1.54, 1.807) is 0 Å². The smallest absolute Gasteiger partial charge is 0.0586 e. The number of likely N-dealkylation sites (tertiary alicyclic amines) is 1. The molecule has 1 fully saturated rings. The standard InChI is InChI=1S/C16H25ClN2O/c1-2-18-16(13-5-3-6-14(17)11-13)8-10-19-9-4-7-15(19)12-20/h3,5-6,11,15-16,18,20H,2,4,7-10,12H2,1H3. The van der Waals surface area contributed by atoms with Gasteiger partial charge in [0.2, 0.25) is 0 Å². The maximum Gasteiger partial charge on any atom is 0.0586 e. The third-order valence-corrected chi connectivity index (χ3v) is 4.35. The molecule has 2 unspecified atom stereocenters. The van der Waals surface area contributed by atoms with Crippen molar-refractivity contribution in [2.24, 2.45) is 0 Å². The van der Waals surface area contributed by atoms with Crippen molar-refractivity contribution in [3.8, 4) is 0 Å². The van der Waals surface area contributed by atoms with Gasteiger partial charge >= 0.3 is 0 Å². The lowest BCUT2D eigenvalue weighted by atomic mass is 10.0. The van der Waals surface area contributed by atoms with Crippen LogP contribution in [-0.2, 0) is 0 Å². The quantitative estimate of drug-likeness (QED) is 0.812. The Morgan fingerprint density at radius 3 is 3.05 bits per heavy atom. The van der Waals surface area contributed by atoms with Gasteiger partial charge in [0, 0.05) is 23.7 Å². The highest BCUT2D eigenvalue weighted by Gasteiger charge is 2.24. The van der Waals surface area contributed by atoms with Crippen LogP contribution in [-0.4, -0.2) is 42.3 Å². The summed E-state index contributed by atoms with van der Waals surface area (Å²) in [4.78, 5) is 2.41. The molecule has 0 aliphatic carbocycles. The Balaban J connectivity index is 1.95. The lowest BCUT2D eigenvalue weighted by Gasteiger charge is -2.26. The summed E-state index contributed by atoms with van der Waals surface area (Å²) < 4.78 is 0. The number of aliphatic hydroxyl groups is 1. The van der Waals surface area contributed by atoms with Gasteiger partial charge in [-0.2, -0.15) is 0 Å². The minimum Gasteiger partial charge on any atom is -0.395 e. The van der Waals surface area contributed by atoms with Crippen LogP contribution in [0.3, 0.4) is 0 Å². The first-order valence-electron chi connectivity index (χ1n) is 7.58. The number of hydrogen-bond donors (Lipinski definition) is 2. The molecular formula is C16H25ClN2O. The molecule has 2 rings (SSSR count). The van der Waals surface area contributed by atoms with Gasteiger partial charge in [-0.3, -0.25) is 4.90 Å². The number of benzene rings is 1. The predicted octanol–water partition coefficient (Wildman–Crippen LogP) is 2.84. The molecule has 112 valence electrons. The summed E-state index contributed by atoms with van der Waals surface area (Å²) in [6.07, 6.45) is 3.37. The van der Waals surface area contributed by atoms with Crippen LogP contribution in [0.1, 0.15) is 37.8 Å². The average Bonchev–Trinajstić information content (AvgIpc) is 2.91. The molecule has 1 heterocycles. The van der Waals surface area contributed by atoms with Crippen molar-refractivity contribution in [2.45, 2.75) is 38.3 Å². The second kappa shape index (κ2) is 7.99. The minimum atomic E-state index is 0.281. The SMILES string of the molecule is CCNC(CCN1CCCC1CO)c1cccc(Cl)c1. The molecule has 0 bridgehead atoms. The van der Waals surface area contributed by atoms with E-state index in [0.717, 1.165) is 37.5 Å². The van der Waals surface area contributed by atoms with Gasteiger partial charge in [0.25, 0.3) is 0 Å². The maximum absolute atomic E-state index is 9.38. The van der Waals surface area contributed by atoms with Gasteiger partial charge in [-0.1, -0.05) is 30.7 Å². The summed E-state index contributed by atoms with van der Waals surface area (Å²) in [5.74, 6) is 0. The molecule has 0 aromatic heterocycles. The van der Waals surface area contributed by atoms with Crippen LogP contribution in [0.25, 0.3) is 0 Å². The Hall–Kier alpha value is -0.610. The molecule has 1 aromatic carbocycles. The van der Waals surface area contributed by atoms with E-state index >= 15 is 0 Å². The fraction of sp³-hybridized carbons (Fsp3) is 0.625. The highest BCUT2D eigenvalue weighted by atomic mass is 35.5. The van der Waals surface area contributed by atoms with Crippen LogP contribution in [0, 0.1) is 0 Å². The molecule has 1 aliphatic heterocycles. The average molecular weight is 297 g/mol. The summed E-state index contributed by atoms with van der Waals surface area (Å²) >= 11 is 6.09. The van der Waals surface area contributed by atoms with Gasteiger partial charge in [0.05, 0.1) is 6.61 Å². The Morgan fingerprint density at radius 1 is 1.50 bits per heavy atom. The second-order valence-corrected chi connectivity index (χ2v) is 5.90. The number of halogens is 1. The number of nitrogens with one attached hydrogen (secondary N) is 1. The first-order chi connectivity index (χ1) is 9.74. The maximum atomic E-state index is 9.38. The number of aliphatic hydroxyl groups excluding tert-OH is 1. The molecule has 1 aliphatic rings.